The minimum atomic E-state index is -3.78. The first kappa shape index (κ1) is 23.9. The molecule has 30 heavy (non-hydrogen) atoms. The molecule has 1 N–H and O–H groups in total. The van der Waals surface area contributed by atoms with Crippen LogP contribution in [0.25, 0.3) is 6.08 Å². The molecule has 2 aromatic carbocycles. The lowest BCUT2D eigenvalue weighted by atomic mass is 10.2. The van der Waals surface area contributed by atoms with E-state index in [0.29, 0.717) is 42.6 Å². The van der Waals surface area contributed by atoms with Crippen LogP contribution in [-0.4, -0.2) is 59.7 Å². The van der Waals surface area contributed by atoms with Crippen LogP contribution in [0.3, 0.4) is 0 Å². The largest absolute Gasteiger partial charge is 0.383 e. The van der Waals surface area contributed by atoms with E-state index in [1.165, 1.54) is 18.2 Å². The van der Waals surface area contributed by atoms with Crippen LogP contribution >= 0.6 is 11.6 Å². The summed E-state index contributed by atoms with van der Waals surface area (Å²) < 4.78 is 37.6. The van der Waals surface area contributed by atoms with Gasteiger partial charge in [-0.05, 0) is 35.9 Å². The van der Waals surface area contributed by atoms with Crippen LogP contribution in [0.5, 0.6) is 0 Å². The molecule has 0 spiro atoms. The van der Waals surface area contributed by atoms with E-state index in [9.17, 15) is 13.2 Å². The standard InChI is InChI=1S/C21H25ClN2O5S/c1-28-15-13-24(14-16-29-2)21(25)12-9-17-7-10-18(11-8-17)30(26,27)23-20-6-4-3-5-19(20)22/h3-12,23H,13-16H2,1-2H3/b12-9+. The van der Waals surface area contributed by atoms with Gasteiger partial charge in [0.05, 0.1) is 28.8 Å². The average Bonchev–Trinajstić information content (AvgIpc) is 2.74. The normalized spacial score (nSPS) is 11.6. The summed E-state index contributed by atoms with van der Waals surface area (Å²) in [7, 11) is -0.630. The highest BCUT2D eigenvalue weighted by molar-refractivity contribution is 7.92. The zero-order valence-electron chi connectivity index (χ0n) is 16.9. The molecule has 0 aliphatic carbocycles. The summed E-state index contributed by atoms with van der Waals surface area (Å²) in [6.45, 7) is 1.75. The summed E-state index contributed by atoms with van der Waals surface area (Å²) in [5.74, 6) is -0.179. The van der Waals surface area contributed by atoms with Gasteiger partial charge in [-0.15, -0.1) is 0 Å². The second-order valence-electron chi connectivity index (χ2n) is 6.30. The van der Waals surface area contributed by atoms with Crippen LogP contribution in [-0.2, 0) is 24.3 Å². The fourth-order valence-corrected chi connectivity index (χ4v) is 3.83. The molecule has 9 heteroatoms. The van der Waals surface area contributed by atoms with Gasteiger partial charge in [0.1, 0.15) is 0 Å². The third kappa shape index (κ3) is 7.14. The highest BCUT2D eigenvalue weighted by Crippen LogP contribution is 2.24. The Bertz CT molecular complexity index is 954. The molecule has 0 bridgehead atoms. The predicted molar refractivity (Wildman–Crippen MR) is 118 cm³/mol. The number of para-hydroxylation sites is 1. The molecule has 2 aromatic rings. The zero-order valence-corrected chi connectivity index (χ0v) is 18.4. The van der Waals surface area contributed by atoms with E-state index in [1.54, 1.807) is 61.6 Å². The molecule has 1 amide bonds. The number of hydrogen-bond acceptors (Lipinski definition) is 5. The van der Waals surface area contributed by atoms with E-state index in [2.05, 4.69) is 4.72 Å². The van der Waals surface area contributed by atoms with Crippen molar-refractivity contribution in [3.05, 3.63) is 65.2 Å². The van der Waals surface area contributed by atoms with E-state index in [4.69, 9.17) is 21.1 Å². The number of anilines is 1. The number of amides is 1. The maximum absolute atomic E-state index is 12.5. The number of nitrogens with one attached hydrogen (secondary N) is 1. The third-order valence-electron chi connectivity index (χ3n) is 4.17. The summed E-state index contributed by atoms with van der Waals surface area (Å²) in [6.07, 6.45) is 3.07. The minimum absolute atomic E-state index is 0.0905. The molecular formula is C21H25ClN2O5S. The summed E-state index contributed by atoms with van der Waals surface area (Å²) in [5, 5.41) is 0.311. The van der Waals surface area contributed by atoms with Gasteiger partial charge in [0, 0.05) is 33.4 Å². The van der Waals surface area contributed by atoms with Crippen molar-refractivity contribution >= 4 is 39.3 Å². The Kier molecular flexibility index (Phi) is 9.32. The van der Waals surface area contributed by atoms with E-state index < -0.39 is 10.0 Å². The lowest BCUT2D eigenvalue weighted by Gasteiger charge is -2.20. The minimum Gasteiger partial charge on any atom is -0.383 e. The number of ether oxygens (including phenoxy) is 2. The Balaban J connectivity index is 2.07. The molecule has 0 saturated heterocycles. The summed E-state index contributed by atoms with van der Waals surface area (Å²) in [6, 6.07) is 12.8. The third-order valence-corrected chi connectivity index (χ3v) is 5.88. The molecular weight excluding hydrogens is 428 g/mol. The number of carbonyl (C=O) groups is 1. The number of sulfonamides is 1. The Morgan fingerprint density at radius 2 is 1.63 bits per heavy atom. The van der Waals surface area contributed by atoms with E-state index >= 15 is 0 Å². The molecule has 7 nitrogen and oxygen atoms in total. The summed E-state index contributed by atoms with van der Waals surface area (Å²) in [5.41, 5.74) is 0.999. The van der Waals surface area contributed by atoms with Crippen LogP contribution in [0.2, 0.25) is 5.02 Å². The van der Waals surface area contributed by atoms with Gasteiger partial charge in [0.15, 0.2) is 0 Å². The van der Waals surface area contributed by atoms with E-state index in [1.807, 2.05) is 0 Å². The Labute approximate surface area is 182 Å². The van der Waals surface area contributed by atoms with Crippen molar-refractivity contribution in [2.75, 3.05) is 45.2 Å². The zero-order chi connectivity index (χ0) is 22.0. The lowest BCUT2D eigenvalue weighted by molar-refractivity contribution is -0.127. The number of methoxy groups -OCH3 is 2. The monoisotopic (exact) mass is 452 g/mol. The fourth-order valence-electron chi connectivity index (χ4n) is 2.51. The van der Waals surface area contributed by atoms with Gasteiger partial charge in [0.2, 0.25) is 5.91 Å². The first-order valence-electron chi connectivity index (χ1n) is 9.19. The van der Waals surface area contributed by atoms with Gasteiger partial charge < -0.3 is 14.4 Å². The van der Waals surface area contributed by atoms with Crippen molar-refractivity contribution in [1.82, 2.24) is 4.90 Å². The number of nitrogens with zero attached hydrogens (tertiary/aromatic N) is 1. The van der Waals surface area contributed by atoms with Crippen LogP contribution in [0, 0.1) is 0 Å². The van der Waals surface area contributed by atoms with E-state index in [0.717, 1.165) is 0 Å². The first-order valence-corrected chi connectivity index (χ1v) is 11.1. The smallest absolute Gasteiger partial charge is 0.261 e. The molecule has 0 saturated carbocycles. The molecule has 0 unspecified atom stereocenters. The SMILES string of the molecule is COCCN(CCOC)C(=O)/C=C/c1ccc(S(=O)(=O)Nc2ccccc2Cl)cc1. The highest BCUT2D eigenvalue weighted by Gasteiger charge is 2.15. The van der Waals surface area contributed by atoms with Crippen LogP contribution in [0.4, 0.5) is 5.69 Å². The van der Waals surface area contributed by atoms with Crippen molar-refractivity contribution in [2.45, 2.75) is 4.90 Å². The fraction of sp³-hybridized carbons (Fsp3) is 0.286. The molecule has 0 aliphatic heterocycles. The van der Waals surface area contributed by atoms with Crippen molar-refractivity contribution < 1.29 is 22.7 Å². The van der Waals surface area contributed by atoms with Gasteiger partial charge in [-0.3, -0.25) is 9.52 Å². The van der Waals surface area contributed by atoms with Crippen LogP contribution in [0.15, 0.2) is 59.5 Å². The van der Waals surface area contributed by atoms with Crippen LogP contribution < -0.4 is 4.72 Å². The highest BCUT2D eigenvalue weighted by atomic mass is 35.5. The second kappa shape index (κ2) is 11.7. The maximum atomic E-state index is 12.5. The second-order valence-corrected chi connectivity index (χ2v) is 8.39. The Hall–Kier alpha value is -2.39. The van der Waals surface area contributed by atoms with Crippen molar-refractivity contribution in [3.63, 3.8) is 0 Å². The molecule has 2 rings (SSSR count). The quantitative estimate of drug-likeness (QED) is 0.529. The molecule has 0 aromatic heterocycles. The molecule has 0 heterocycles. The average molecular weight is 453 g/mol. The van der Waals surface area contributed by atoms with Gasteiger partial charge in [-0.2, -0.15) is 0 Å². The van der Waals surface area contributed by atoms with Crippen LogP contribution in [0.1, 0.15) is 5.56 Å². The van der Waals surface area contributed by atoms with Crippen molar-refractivity contribution in [3.8, 4) is 0 Å². The number of hydrogen-bond donors (Lipinski definition) is 1. The van der Waals surface area contributed by atoms with Crippen molar-refractivity contribution in [2.24, 2.45) is 0 Å². The van der Waals surface area contributed by atoms with E-state index in [-0.39, 0.29) is 10.8 Å². The van der Waals surface area contributed by atoms with Crippen molar-refractivity contribution in [1.29, 1.82) is 0 Å². The molecule has 0 aliphatic rings. The molecule has 162 valence electrons. The Morgan fingerprint density at radius 3 is 2.20 bits per heavy atom. The van der Waals surface area contributed by atoms with Gasteiger partial charge >= 0.3 is 0 Å². The van der Waals surface area contributed by atoms with Gasteiger partial charge in [-0.25, -0.2) is 8.42 Å². The van der Waals surface area contributed by atoms with Gasteiger partial charge in [-0.1, -0.05) is 35.9 Å². The summed E-state index contributed by atoms with van der Waals surface area (Å²) >= 11 is 6.02. The molecule has 0 radical (unpaired) electrons. The molecule has 0 fully saturated rings. The van der Waals surface area contributed by atoms with Gasteiger partial charge in [0.25, 0.3) is 10.0 Å². The molecule has 0 atom stereocenters. The number of benzene rings is 2. The lowest BCUT2D eigenvalue weighted by Crippen LogP contribution is -2.35. The first-order chi connectivity index (χ1) is 14.4. The number of carbonyl (C=O) groups excluding carboxylic acids is 1. The maximum Gasteiger partial charge on any atom is 0.261 e. The predicted octanol–water partition coefficient (Wildman–Crippen LogP) is 3.28. The summed E-state index contributed by atoms with van der Waals surface area (Å²) in [4.78, 5) is 14.1. The number of halogens is 1. The Morgan fingerprint density at radius 1 is 1.03 bits per heavy atom. The topological polar surface area (TPSA) is 84.9 Å². The number of rotatable bonds is 11.